The maximum absolute atomic E-state index is 13.9. The van der Waals surface area contributed by atoms with Crippen molar-refractivity contribution < 1.29 is 154 Å². The van der Waals surface area contributed by atoms with E-state index in [0.717, 1.165) is 77.6 Å². The summed E-state index contributed by atoms with van der Waals surface area (Å²) in [5.41, 5.74) is 0. The average Bonchev–Trinajstić information content (AvgIpc) is 1.15. The van der Waals surface area contributed by atoms with Crippen LogP contribution in [0.3, 0.4) is 0 Å². The minimum atomic E-state index is -3.34. The van der Waals surface area contributed by atoms with Crippen LogP contribution in [0.5, 0.6) is 0 Å². The minimum Gasteiger partial charge on any atom is -0.477 e. The molecule has 4 heterocycles. The van der Waals surface area contributed by atoms with E-state index in [4.69, 9.17) is 42.6 Å². The Kier molecular flexibility index (Phi) is 44.2. The number of ether oxygens (including phenoxy) is 9. The maximum atomic E-state index is 13.9. The highest BCUT2D eigenvalue weighted by molar-refractivity contribution is 5.80. The van der Waals surface area contributed by atoms with Gasteiger partial charge in [0.15, 0.2) is 18.9 Å². The molecule has 2 amide bonds. The number of hydrogen-bond acceptors (Lipinski definition) is 30. The van der Waals surface area contributed by atoms with E-state index in [1.165, 1.54) is 103 Å². The molecule has 0 aromatic rings. The van der Waals surface area contributed by atoms with Gasteiger partial charge in [0.05, 0.1) is 69.0 Å². The van der Waals surface area contributed by atoms with E-state index >= 15 is 0 Å². The summed E-state index contributed by atoms with van der Waals surface area (Å²) >= 11 is 0. The van der Waals surface area contributed by atoms with Crippen LogP contribution in [0.15, 0.2) is 0 Å². The summed E-state index contributed by atoms with van der Waals surface area (Å²) in [5.74, 6) is -8.47. The normalized spacial score (nSPS) is 34.7. The fraction of sp³-hybridized carbons (Fsp3) is 0.959. The Morgan fingerprint density at radius 1 is 0.495 bits per heavy atom. The zero-order chi connectivity index (χ0) is 78.9. The summed E-state index contributed by atoms with van der Waals surface area (Å²) in [7, 11) is 0. The highest BCUT2D eigenvalue weighted by Gasteiger charge is 2.62. The highest BCUT2D eigenvalue weighted by Crippen LogP contribution is 2.42. The number of carbonyl (C=O) groups excluding carboxylic acids is 2. The zero-order valence-electron chi connectivity index (χ0n) is 63.3. The van der Waals surface area contributed by atoms with E-state index in [1.54, 1.807) is 0 Å². The third-order valence-electron chi connectivity index (χ3n) is 21.7. The number of aliphatic carboxylic acids is 1. The third-order valence-corrected chi connectivity index (χ3v) is 21.7. The Morgan fingerprint density at radius 2 is 0.972 bits per heavy atom. The molecule has 21 N–H and O–H groups in total. The first-order valence-electron chi connectivity index (χ1n) is 39.8. The molecule has 30 atom stereocenters. The molecular formula is C74H136N2O31. The van der Waals surface area contributed by atoms with Crippen LogP contribution in [0.25, 0.3) is 0 Å². The Labute approximate surface area is 629 Å². The van der Waals surface area contributed by atoms with Crippen molar-refractivity contribution in [1.82, 2.24) is 10.6 Å². The first-order valence-corrected chi connectivity index (χ1v) is 39.8. The number of aliphatic hydroxyl groups excluding tert-OH is 18. The van der Waals surface area contributed by atoms with Crippen LogP contribution in [0.1, 0.15) is 233 Å². The number of rotatable bonds is 54. The Hall–Kier alpha value is -2.67. The molecule has 4 aliphatic heterocycles. The van der Waals surface area contributed by atoms with Gasteiger partial charge in [-0.2, -0.15) is 0 Å². The van der Waals surface area contributed by atoms with Crippen molar-refractivity contribution in [3.05, 3.63) is 0 Å². The number of carboxylic acid groups (broad SMARTS) is 1. The molecule has 4 saturated heterocycles. The summed E-state index contributed by atoms with van der Waals surface area (Å²) in [4.78, 5) is 40.5. The van der Waals surface area contributed by atoms with Gasteiger partial charge >= 0.3 is 5.97 Å². The molecule has 0 radical (unpaired) electrons. The van der Waals surface area contributed by atoms with E-state index < -0.39 is 247 Å². The first-order chi connectivity index (χ1) is 51.1. The van der Waals surface area contributed by atoms with Crippen molar-refractivity contribution in [3.8, 4) is 0 Å². The van der Waals surface area contributed by atoms with Crippen molar-refractivity contribution in [3.63, 3.8) is 0 Å². The summed E-state index contributed by atoms with van der Waals surface area (Å²) < 4.78 is 53.0. The fourth-order valence-corrected chi connectivity index (χ4v) is 15.1. The van der Waals surface area contributed by atoms with Gasteiger partial charge in [-0.05, 0) is 26.2 Å². The van der Waals surface area contributed by atoms with Crippen LogP contribution < -0.4 is 10.6 Å². The van der Waals surface area contributed by atoms with Gasteiger partial charge in [0.1, 0.15) is 110 Å². The second-order valence-electron chi connectivity index (χ2n) is 30.4. The third kappa shape index (κ3) is 29.0. The summed E-state index contributed by atoms with van der Waals surface area (Å²) in [5, 5.41) is 216. The number of nitrogens with one attached hydrogen (secondary N) is 2. The van der Waals surface area contributed by atoms with Crippen molar-refractivity contribution in [2.75, 3.05) is 33.0 Å². The molecule has 0 aromatic carbocycles. The van der Waals surface area contributed by atoms with E-state index in [1.807, 2.05) is 0 Å². The molecule has 0 spiro atoms. The van der Waals surface area contributed by atoms with Crippen LogP contribution >= 0.6 is 0 Å². The smallest absolute Gasteiger partial charge is 0.364 e. The zero-order valence-corrected chi connectivity index (χ0v) is 63.3. The largest absolute Gasteiger partial charge is 0.477 e. The number of carboxylic acids is 1. The summed E-state index contributed by atoms with van der Waals surface area (Å²) in [6.07, 6.45) is -20.0. The molecular weight excluding hydrogens is 1410 g/mol. The van der Waals surface area contributed by atoms with Gasteiger partial charge in [-0.1, -0.05) is 194 Å². The first kappa shape index (κ1) is 94.9. The molecule has 5 rings (SSSR count). The molecule has 33 nitrogen and oxygen atoms in total. The van der Waals surface area contributed by atoms with Crippen LogP contribution in [-0.2, 0) is 57.0 Å². The Balaban J connectivity index is 1.28. The van der Waals surface area contributed by atoms with Gasteiger partial charge in [-0.3, -0.25) is 9.59 Å². The van der Waals surface area contributed by atoms with Gasteiger partial charge in [-0.25, -0.2) is 4.79 Å². The molecule has 3 unspecified atom stereocenters. The van der Waals surface area contributed by atoms with Crippen molar-refractivity contribution >= 4 is 17.8 Å². The second kappa shape index (κ2) is 49.8. The Morgan fingerprint density at radius 3 is 1.45 bits per heavy atom. The predicted molar refractivity (Wildman–Crippen MR) is 381 cm³/mol. The molecule has 33 heteroatoms. The van der Waals surface area contributed by atoms with Crippen molar-refractivity contribution in [2.45, 2.75) is 410 Å². The Bertz CT molecular complexity index is 2410. The number of hydrogen-bond donors (Lipinski definition) is 21. The number of unbranched alkanes of at least 4 members (excludes halogenated alkanes) is 26. The molecule has 107 heavy (non-hydrogen) atoms. The number of amides is 2. The summed E-state index contributed by atoms with van der Waals surface area (Å²) in [6.45, 7) is 1.71. The predicted octanol–water partition coefficient (Wildman–Crippen LogP) is -0.549. The molecule has 0 bridgehead atoms. The monoisotopic (exact) mass is 1550 g/mol. The van der Waals surface area contributed by atoms with Crippen LogP contribution in [-0.4, -0.2) is 325 Å². The molecule has 5 aliphatic rings. The SMILES string of the molecule is CCCCCCCCCCCCCCCCCCCC[C@@H](O)C(=O)N[C@@H](CO[C@@H]1O[C@H](CO)[C@@H](O[C@H]2O[C@H](CO)[C@H](O)[C@H](O[C@]3(C(=O)O)C[C@H](O[C@H]4C[C@H](CO)[C@H](O[C@@H]5O[C@H](C(C)O)[C@@H](O)[C@@H]5O)[C@H](O)[C@H]4O)[C@@H](NC(C)=O)[C@H](C(O)C(O)CO)O3)[C@H]2O)[C@H](O)[C@H]1O)[C@H](O)[C@H](O)CCCCCCCCCCCC. The van der Waals surface area contributed by atoms with Gasteiger partial charge in [0.2, 0.25) is 11.8 Å². The highest BCUT2D eigenvalue weighted by atomic mass is 16.8. The quantitative estimate of drug-likeness (QED) is 0.0340. The van der Waals surface area contributed by atoms with Crippen LogP contribution in [0.4, 0.5) is 0 Å². The van der Waals surface area contributed by atoms with Gasteiger partial charge in [-0.15, -0.1) is 0 Å². The lowest BCUT2D eigenvalue weighted by atomic mass is 9.80. The van der Waals surface area contributed by atoms with Gasteiger partial charge in [0, 0.05) is 25.9 Å². The van der Waals surface area contributed by atoms with E-state index in [9.17, 15) is 111 Å². The van der Waals surface area contributed by atoms with E-state index in [2.05, 4.69) is 24.5 Å². The fourth-order valence-electron chi connectivity index (χ4n) is 15.1. The van der Waals surface area contributed by atoms with Gasteiger partial charge < -0.3 is 150 Å². The maximum Gasteiger partial charge on any atom is 0.364 e. The second-order valence-corrected chi connectivity index (χ2v) is 30.4. The number of carbonyl (C=O) groups is 3. The van der Waals surface area contributed by atoms with E-state index in [0.29, 0.717) is 12.8 Å². The lowest BCUT2D eigenvalue weighted by Crippen LogP contribution is -2.71. The lowest BCUT2D eigenvalue weighted by molar-refractivity contribution is -0.388. The summed E-state index contributed by atoms with van der Waals surface area (Å²) in [6, 6.07) is -3.24. The molecule has 0 aromatic heterocycles. The standard InChI is InChI=1S/C74H136N2O31/c1-5-7-9-11-13-15-17-18-19-20-21-22-23-24-26-28-30-32-34-47(84)69(96)76-45(54(86)46(83)33-31-29-27-25-16-14-12-10-8-6-2)41-99-70-61(93)60(92)66(52(40-80)102-70)105-72-63(95)68(57(89)51(39-79)101-72)107-74(73(97)98)36-50(53(75-43(4)82)67(106-74)55(87)48(85)38-78)100-49-35-44(37-77)65(58(90)56(49)88)104-71-62(94)59(91)64(103-71)42(3)81/h42,44-68,70-72,77-81,83-95H,5-41H2,1-4H3,(H,75,82)(H,76,96)(H,97,98)/t42?,44-,45+,46-,47-,48?,49+,50+,51-,52-,53-,54+,55?,56+,57+,58-,59+,60-,61-,62+,63-,64-,65+,66-,67-,68+,70-,71+,72-,74+/m1/s1. The minimum absolute atomic E-state index is 0.0964. The number of aliphatic hydroxyl groups is 18. The van der Waals surface area contributed by atoms with E-state index in [-0.39, 0.29) is 12.8 Å². The molecule has 628 valence electrons. The van der Waals surface area contributed by atoms with Crippen molar-refractivity contribution in [2.24, 2.45) is 5.92 Å². The molecule has 1 aliphatic carbocycles. The lowest BCUT2D eigenvalue weighted by Gasteiger charge is -2.52. The average molecular weight is 1550 g/mol. The van der Waals surface area contributed by atoms with Crippen LogP contribution in [0.2, 0.25) is 0 Å². The topological polar surface area (TPSA) is 543 Å². The van der Waals surface area contributed by atoms with Crippen LogP contribution in [0, 0.1) is 5.92 Å². The van der Waals surface area contributed by atoms with Gasteiger partial charge in [0.25, 0.3) is 5.79 Å². The van der Waals surface area contributed by atoms with Crippen molar-refractivity contribution in [1.29, 1.82) is 0 Å². The molecule has 5 fully saturated rings. The molecule has 1 saturated carbocycles.